The normalized spacial score (nSPS) is 43.9. The van der Waals surface area contributed by atoms with Crippen molar-refractivity contribution in [2.45, 2.75) is 89.6 Å². The molecular weight excluding hydrogens is 364 g/mol. The molecule has 1 aromatic carbocycles. The molecule has 160 valence electrons. The Balaban J connectivity index is 1.44. The number of rotatable bonds is 3. The molecule has 4 nitrogen and oxygen atoms in total. The van der Waals surface area contributed by atoms with Crippen molar-refractivity contribution in [2.24, 2.45) is 16.7 Å². The minimum absolute atomic E-state index is 0.0233. The predicted molar refractivity (Wildman–Crippen MR) is 112 cm³/mol. The zero-order valence-corrected chi connectivity index (χ0v) is 18.2. The summed E-state index contributed by atoms with van der Waals surface area (Å²) < 4.78 is 17.9. The number of methoxy groups -OCH3 is 1. The molecule has 3 aliphatic carbocycles. The zero-order valence-electron chi connectivity index (χ0n) is 18.2. The molecule has 4 aliphatic rings. The molecule has 0 spiro atoms. The highest BCUT2D eigenvalue weighted by molar-refractivity contribution is 5.42. The topological polar surface area (TPSA) is 47.9 Å². The number of benzene rings is 1. The molecule has 1 aliphatic heterocycles. The average molecular weight is 401 g/mol. The first-order chi connectivity index (χ1) is 14.0. The van der Waals surface area contributed by atoms with E-state index in [0.717, 1.165) is 50.9 Å². The van der Waals surface area contributed by atoms with Crippen LogP contribution in [0.4, 0.5) is 0 Å². The van der Waals surface area contributed by atoms with E-state index in [-0.39, 0.29) is 35.2 Å². The van der Waals surface area contributed by atoms with Gasteiger partial charge in [0.2, 0.25) is 0 Å². The lowest BCUT2D eigenvalue weighted by molar-refractivity contribution is -0.223. The van der Waals surface area contributed by atoms with Crippen LogP contribution in [0.15, 0.2) is 18.2 Å². The van der Waals surface area contributed by atoms with Gasteiger partial charge in [0, 0.05) is 12.5 Å². The largest absolute Gasteiger partial charge is 0.497 e. The number of fused-ring (bicyclic) bond motifs is 5. The fourth-order valence-electron chi connectivity index (χ4n) is 7.53. The number of ether oxygens (including phenoxy) is 3. The van der Waals surface area contributed by atoms with Crippen LogP contribution in [0, 0.1) is 16.7 Å². The molecule has 3 fully saturated rings. The van der Waals surface area contributed by atoms with E-state index in [1.165, 1.54) is 24.0 Å². The summed E-state index contributed by atoms with van der Waals surface area (Å²) in [5, 5.41) is 11.5. The summed E-state index contributed by atoms with van der Waals surface area (Å²) in [5.41, 5.74) is 2.83. The molecule has 1 saturated heterocycles. The standard InChI is InChI=1S/C25H36O4/c1-24-12-11-16-14-17(27-3)7-8-18(16)23(24)19(26)15-25(2)20(24)9-10-21(25)29-22-6-4-5-13-28-22/h7-8,14,19-23,26H,4-6,9-13,15H2,1-3H3/t19?,20-,21-,22?,23+,24-,25-/m0/s1. The van der Waals surface area contributed by atoms with Gasteiger partial charge in [-0.1, -0.05) is 19.9 Å². The van der Waals surface area contributed by atoms with Gasteiger partial charge in [0.25, 0.3) is 0 Å². The van der Waals surface area contributed by atoms with Crippen molar-refractivity contribution in [3.8, 4) is 5.75 Å². The summed E-state index contributed by atoms with van der Waals surface area (Å²) in [6.07, 6.45) is 8.46. The molecule has 29 heavy (non-hydrogen) atoms. The van der Waals surface area contributed by atoms with Gasteiger partial charge in [-0.15, -0.1) is 0 Å². The fraction of sp³-hybridized carbons (Fsp3) is 0.760. The van der Waals surface area contributed by atoms with Crippen molar-refractivity contribution in [3.63, 3.8) is 0 Å². The number of aliphatic hydroxyl groups is 1. The van der Waals surface area contributed by atoms with Crippen molar-refractivity contribution in [2.75, 3.05) is 13.7 Å². The summed E-state index contributed by atoms with van der Waals surface area (Å²) in [6, 6.07) is 6.45. The SMILES string of the molecule is COc1ccc2c(c1)CC[C@@]1(C)[C@@H]3CC[C@H](OC4CCCCO4)[C@@]3(C)CC(O)[C@@H]21. The average Bonchev–Trinajstić information content (AvgIpc) is 3.04. The van der Waals surface area contributed by atoms with E-state index in [2.05, 4.69) is 32.0 Å². The maximum atomic E-state index is 11.5. The zero-order chi connectivity index (χ0) is 20.2. The molecule has 1 N–H and O–H groups in total. The van der Waals surface area contributed by atoms with Gasteiger partial charge in [-0.3, -0.25) is 0 Å². The van der Waals surface area contributed by atoms with Gasteiger partial charge >= 0.3 is 0 Å². The molecule has 1 aromatic rings. The summed E-state index contributed by atoms with van der Waals surface area (Å²) >= 11 is 0. The lowest BCUT2D eigenvalue weighted by Crippen LogP contribution is -2.56. The highest BCUT2D eigenvalue weighted by Crippen LogP contribution is 2.67. The van der Waals surface area contributed by atoms with Crippen LogP contribution in [-0.2, 0) is 15.9 Å². The minimum Gasteiger partial charge on any atom is -0.497 e. The van der Waals surface area contributed by atoms with Crippen LogP contribution in [0.2, 0.25) is 0 Å². The Morgan fingerprint density at radius 1 is 1.10 bits per heavy atom. The lowest BCUT2D eigenvalue weighted by Gasteiger charge is -2.59. The van der Waals surface area contributed by atoms with E-state index in [4.69, 9.17) is 14.2 Å². The van der Waals surface area contributed by atoms with Crippen LogP contribution < -0.4 is 4.74 Å². The highest BCUT2D eigenvalue weighted by atomic mass is 16.7. The highest BCUT2D eigenvalue weighted by Gasteiger charge is 2.63. The van der Waals surface area contributed by atoms with Gasteiger partial charge in [0.1, 0.15) is 5.75 Å². The first-order valence-corrected chi connectivity index (χ1v) is 11.6. The third kappa shape index (κ3) is 3.05. The summed E-state index contributed by atoms with van der Waals surface area (Å²) in [6.45, 7) is 5.64. The second kappa shape index (κ2) is 7.25. The van der Waals surface area contributed by atoms with Crippen molar-refractivity contribution >= 4 is 0 Å². The van der Waals surface area contributed by atoms with Gasteiger partial charge in [0.05, 0.1) is 19.3 Å². The van der Waals surface area contributed by atoms with Crippen LogP contribution in [0.5, 0.6) is 5.75 Å². The monoisotopic (exact) mass is 400 g/mol. The Labute approximate surface area is 174 Å². The van der Waals surface area contributed by atoms with Gasteiger partial charge in [0.15, 0.2) is 6.29 Å². The second-order valence-electron chi connectivity index (χ2n) is 10.4. The third-order valence-corrected chi connectivity index (χ3v) is 8.86. The predicted octanol–water partition coefficient (Wildman–Crippen LogP) is 4.82. The van der Waals surface area contributed by atoms with E-state index in [1.54, 1.807) is 7.11 Å². The van der Waals surface area contributed by atoms with E-state index in [0.29, 0.717) is 5.92 Å². The molecule has 2 saturated carbocycles. The molecule has 0 amide bonds. The van der Waals surface area contributed by atoms with Crippen LogP contribution in [-0.4, -0.2) is 37.3 Å². The van der Waals surface area contributed by atoms with Crippen LogP contribution in [0.3, 0.4) is 0 Å². The molecule has 1 heterocycles. The minimum atomic E-state index is -0.329. The lowest BCUT2D eigenvalue weighted by atomic mass is 9.47. The Hall–Kier alpha value is -1.10. The van der Waals surface area contributed by atoms with E-state index < -0.39 is 0 Å². The summed E-state index contributed by atoms with van der Waals surface area (Å²) in [4.78, 5) is 0. The quantitative estimate of drug-likeness (QED) is 0.790. The van der Waals surface area contributed by atoms with Crippen molar-refractivity contribution in [1.82, 2.24) is 0 Å². The fourth-order valence-corrected chi connectivity index (χ4v) is 7.53. The number of aryl methyl sites for hydroxylation is 1. The number of hydrogen-bond acceptors (Lipinski definition) is 4. The Kier molecular flexibility index (Phi) is 4.96. The van der Waals surface area contributed by atoms with Gasteiger partial charge in [-0.25, -0.2) is 0 Å². The molecular formula is C25H36O4. The van der Waals surface area contributed by atoms with E-state index in [9.17, 15) is 5.11 Å². The number of aliphatic hydroxyl groups excluding tert-OH is 1. The van der Waals surface area contributed by atoms with Crippen molar-refractivity contribution < 1.29 is 19.3 Å². The molecule has 5 rings (SSSR count). The third-order valence-electron chi connectivity index (χ3n) is 8.86. The van der Waals surface area contributed by atoms with E-state index in [1.807, 2.05) is 0 Å². The second-order valence-corrected chi connectivity index (χ2v) is 10.4. The van der Waals surface area contributed by atoms with Gasteiger partial charge in [-0.05, 0) is 91.4 Å². The summed E-state index contributed by atoms with van der Waals surface area (Å²) in [7, 11) is 1.73. The molecule has 2 unspecified atom stereocenters. The first kappa shape index (κ1) is 19.8. The molecule has 7 atom stereocenters. The van der Waals surface area contributed by atoms with Gasteiger partial charge < -0.3 is 19.3 Å². The Bertz CT molecular complexity index is 757. The van der Waals surface area contributed by atoms with Crippen molar-refractivity contribution in [3.05, 3.63) is 29.3 Å². The van der Waals surface area contributed by atoms with Crippen LogP contribution >= 0.6 is 0 Å². The molecule has 4 heteroatoms. The maximum Gasteiger partial charge on any atom is 0.157 e. The molecule has 0 radical (unpaired) electrons. The smallest absolute Gasteiger partial charge is 0.157 e. The Morgan fingerprint density at radius 2 is 1.97 bits per heavy atom. The molecule has 0 aromatic heterocycles. The van der Waals surface area contributed by atoms with Crippen LogP contribution in [0.1, 0.15) is 75.8 Å². The maximum absolute atomic E-state index is 11.5. The first-order valence-electron chi connectivity index (χ1n) is 11.6. The van der Waals surface area contributed by atoms with Gasteiger partial charge in [-0.2, -0.15) is 0 Å². The Morgan fingerprint density at radius 3 is 2.72 bits per heavy atom. The van der Waals surface area contributed by atoms with Crippen molar-refractivity contribution in [1.29, 1.82) is 0 Å². The summed E-state index contributed by atoms with van der Waals surface area (Å²) in [5.74, 6) is 1.71. The molecule has 0 bridgehead atoms. The van der Waals surface area contributed by atoms with E-state index >= 15 is 0 Å². The number of hydrogen-bond donors (Lipinski definition) is 1. The van der Waals surface area contributed by atoms with Crippen LogP contribution in [0.25, 0.3) is 0 Å².